The smallest absolute Gasteiger partial charge is 0.222 e. The summed E-state index contributed by atoms with van der Waals surface area (Å²) >= 11 is 0. The van der Waals surface area contributed by atoms with Gasteiger partial charge in [0.25, 0.3) is 0 Å². The number of amides is 2. The van der Waals surface area contributed by atoms with Gasteiger partial charge in [0.15, 0.2) is 0 Å². The Morgan fingerprint density at radius 3 is 1.84 bits per heavy atom. The van der Waals surface area contributed by atoms with E-state index >= 15 is 0 Å². The number of ether oxygens (including phenoxy) is 3. The molecule has 2 amide bonds. The molecule has 0 aliphatic carbocycles. The lowest BCUT2D eigenvalue weighted by molar-refractivity contribution is -0.124. The number of rotatable bonds is 17. The van der Waals surface area contributed by atoms with E-state index in [-0.39, 0.29) is 17.7 Å². The summed E-state index contributed by atoms with van der Waals surface area (Å²) in [6.07, 6.45) is 3.56. The summed E-state index contributed by atoms with van der Waals surface area (Å²) in [5, 5.41) is 5.57. The lowest BCUT2D eigenvalue weighted by atomic mass is 10.2. The maximum absolute atomic E-state index is 11.3. The van der Waals surface area contributed by atoms with E-state index < -0.39 is 0 Å². The molecule has 7 heteroatoms. The van der Waals surface area contributed by atoms with Crippen molar-refractivity contribution in [3.8, 4) is 0 Å². The third kappa shape index (κ3) is 17.4. The fraction of sp³-hybridized carbons (Fsp3) is 0.889. The molecule has 0 heterocycles. The SMILES string of the molecule is CCC(=O)NCCOCCOCCCCCOCCNC(=O)C(C)C. The van der Waals surface area contributed by atoms with Crippen LogP contribution in [0.1, 0.15) is 46.5 Å². The molecule has 0 atom stereocenters. The third-order valence-electron chi connectivity index (χ3n) is 3.41. The Kier molecular flexibility index (Phi) is 16.8. The lowest BCUT2D eigenvalue weighted by Crippen LogP contribution is -2.30. The first-order valence-electron chi connectivity index (χ1n) is 9.35. The zero-order valence-electron chi connectivity index (χ0n) is 16.1. The summed E-state index contributed by atoms with van der Waals surface area (Å²) in [4.78, 5) is 22.3. The maximum atomic E-state index is 11.3. The maximum Gasteiger partial charge on any atom is 0.222 e. The van der Waals surface area contributed by atoms with E-state index in [9.17, 15) is 9.59 Å². The van der Waals surface area contributed by atoms with E-state index in [0.717, 1.165) is 25.9 Å². The predicted molar refractivity (Wildman–Crippen MR) is 97.5 cm³/mol. The molecule has 0 aliphatic heterocycles. The largest absolute Gasteiger partial charge is 0.380 e. The van der Waals surface area contributed by atoms with E-state index in [2.05, 4.69) is 10.6 Å². The molecule has 0 bridgehead atoms. The second-order valence-electron chi connectivity index (χ2n) is 6.05. The lowest BCUT2D eigenvalue weighted by Gasteiger charge is -2.08. The van der Waals surface area contributed by atoms with Crippen molar-refractivity contribution in [1.29, 1.82) is 0 Å². The van der Waals surface area contributed by atoms with Crippen molar-refractivity contribution in [1.82, 2.24) is 10.6 Å². The first-order valence-corrected chi connectivity index (χ1v) is 9.35. The molecule has 0 radical (unpaired) electrons. The molecule has 0 fully saturated rings. The Bertz CT molecular complexity index is 337. The van der Waals surface area contributed by atoms with Crippen LogP contribution in [0.15, 0.2) is 0 Å². The molecule has 0 spiro atoms. The van der Waals surface area contributed by atoms with E-state index in [1.807, 2.05) is 20.8 Å². The minimum Gasteiger partial charge on any atom is -0.380 e. The number of hydrogen-bond acceptors (Lipinski definition) is 5. The average molecular weight is 360 g/mol. The van der Waals surface area contributed by atoms with Crippen molar-refractivity contribution in [3.63, 3.8) is 0 Å². The van der Waals surface area contributed by atoms with Crippen LogP contribution in [0.25, 0.3) is 0 Å². The second kappa shape index (κ2) is 17.6. The normalized spacial score (nSPS) is 10.9. The van der Waals surface area contributed by atoms with Crippen LogP contribution in [0, 0.1) is 5.92 Å². The monoisotopic (exact) mass is 360 g/mol. The zero-order valence-corrected chi connectivity index (χ0v) is 16.1. The number of carbonyl (C=O) groups is 2. The summed E-state index contributed by atoms with van der Waals surface area (Å²) < 4.78 is 16.3. The van der Waals surface area contributed by atoms with Crippen LogP contribution < -0.4 is 10.6 Å². The molecule has 0 aromatic rings. The first kappa shape index (κ1) is 23.8. The molecule has 0 aromatic heterocycles. The highest BCUT2D eigenvalue weighted by Crippen LogP contribution is 1.97. The quantitative estimate of drug-likeness (QED) is 0.384. The highest BCUT2D eigenvalue weighted by atomic mass is 16.5. The van der Waals surface area contributed by atoms with Crippen LogP contribution in [-0.4, -0.2) is 64.5 Å². The van der Waals surface area contributed by atoms with Gasteiger partial charge in [-0.3, -0.25) is 9.59 Å². The molecular weight excluding hydrogens is 324 g/mol. The zero-order chi connectivity index (χ0) is 18.8. The fourth-order valence-corrected chi connectivity index (χ4v) is 1.85. The van der Waals surface area contributed by atoms with Crippen LogP contribution in [0.5, 0.6) is 0 Å². The van der Waals surface area contributed by atoms with Gasteiger partial charge in [-0.05, 0) is 19.3 Å². The van der Waals surface area contributed by atoms with Crippen LogP contribution >= 0.6 is 0 Å². The number of carbonyl (C=O) groups excluding carboxylic acids is 2. The minimum atomic E-state index is 0.0207. The summed E-state index contributed by atoms with van der Waals surface area (Å²) in [5.74, 6) is 0.131. The molecule has 0 rings (SSSR count). The van der Waals surface area contributed by atoms with Gasteiger partial charge in [-0.25, -0.2) is 0 Å². The molecule has 0 aliphatic rings. The van der Waals surface area contributed by atoms with Crippen molar-refractivity contribution in [2.75, 3.05) is 52.7 Å². The van der Waals surface area contributed by atoms with Crippen LogP contribution in [0.3, 0.4) is 0 Å². The fourth-order valence-electron chi connectivity index (χ4n) is 1.85. The Morgan fingerprint density at radius 1 is 0.760 bits per heavy atom. The Morgan fingerprint density at radius 2 is 1.28 bits per heavy atom. The molecular formula is C18H36N2O5. The van der Waals surface area contributed by atoms with Crippen LogP contribution in [0.4, 0.5) is 0 Å². The first-order chi connectivity index (χ1) is 12.1. The van der Waals surface area contributed by atoms with Crippen molar-refractivity contribution < 1.29 is 23.8 Å². The highest BCUT2D eigenvalue weighted by Gasteiger charge is 2.04. The Hall–Kier alpha value is -1.18. The molecule has 25 heavy (non-hydrogen) atoms. The van der Waals surface area contributed by atoms with E-state index in [0.29, 0.717) is 52.5 Å². The van der Waals surface area contributed by atoms with Gasteiger partial charge in [0, 0.05) is 38.6 Å². The summed E-state index contributed by atoms with van der Waals surface area (Å²) in [6.45, 7) is 10.3. The van der Waals surface area contributed by atoms with Gasteiger partial charge < -0.3 is 24.8 Å². The average Bonchev–Trinajstić information content (AvgIpc) is 2.60. The third-order valence-corrected chi connectivity index (χ3v) is 3.41. The van der Waals surface area contributed by atoms with Gasteiger partial charge in [-0.15, -0.1) is 0 Å². The summed E-state index contributed by atoms with van der Waals surface area (Å²) in [5.41, 5.74) is 0. The molecule has 2 N–H and O–H groups in total. The van der Waals surface area contributed by atoms with Crippen molar-refractivity contribution in [3.05, 3.63) is 0 Å². The number of hydrogen-bond donors (Lipinski definition) is 2. The van der Waals surface area contributed by atoms with Gasteiger partial charge in [-0.2, -0.15) is 0 Å². The van der Waals surface area contributed by atoms with E-state index in [1.165, 1.54) is 0 Å². The standard InChI is InChI=1S/C18H36N2O5/c1-4-17(21)19-8-12-25-15-14-24-11-7-5-6-10-23-13-9-20-18(22)16(2)3/h16H,4-15H2,1-3H3,(H,19,21)(H,20,22). The van der Waals surface area contributed by atoms with Crippen LogP contribution in [-0.2, 0) is 23.8 Å². The summed E-state index contributed by atoms with van der Waals surface area (Å²) in [7, 11) is 0. The minimum absolute atomic E-state index is 0.0207. The van der Waals surface area contributed by atoms with Crippen LogP contribution in [0.2, 0.25) is 0 Å². The second-order valence-corrected chi connectivity index (χ2v) is 6.05. The predicted octanol–water partition coefficient (Wildman–Crippen LogP) is 1.50. The molecule has 0 saturated carbocycles. The topological polar surface area (TPSA) is 85.9 Å². The number of unbranched alkanes of at least 4 members (excludes halogenated alkanes) is 2. The molecule has 0 unspecified atom stereocenters. The molecule has 0 aromatic carbocycles. The molecule has 0 saturated heterocycles. The highest BCUT2D eigenvalue weighted by molar-refractivity contribution is 5.77. The van der Waals surface area contributed by atoms with Crippen molar-refractivity contribution >= 4 is 11.8 Å². The molecule has 7 nitrogen and oxygen atoms in total. The molecule has 148 valence electrons. The Balaban J connectivity index is 3.10. The van der Waals surface area contributed by atoms with Gasteiger partial charge in [0.05, 0.1) is 26.4 Å². The van der Waals surface area contributed by atoms with Gasteiger partial charge >= 0.3 is 0 Å². The van der Waals surface area contributed by atoms with Gasteiger partial charge in [-0.1, -0.05) is 20.8 Å². The van der Waals surface area contributed by atoms with Crippen molar-refractivity contribution in [2.45, 2.75) is 46.5 Å². The number of nitrogens with one attached hydrogen (secondary N) is 2. The van der Waals surface area contributed by atoms with Crippen molar-refractivity contribution in [2.24, 2.45) is 5.92 Å². The van der Waals surface area contributed by atoms with Gasteiger partial charge in [0.1, 0.15) is 0 Å². The Labute approximate surface area is 152 Å². The van der Waals surface area contributed by atoms with E-state index in [1.54, 1.807) is 0 Å². The van der Waals surface area contributed by atoms with E-state index in [4.69, 9.17) is 14.2 Å². The summed E-state index contributed by atoms with van der Waals surface area (Å²) in [6, 6.07) is 0. The van der Waals surface area contributed by atoms with Gasteiger partial charge in [0.2, 0.25) is 11.8 Å².